The minimum absolute atomic E-state index is 0.346. The van der Waals surface area contributed by atoms with Crippen molar-refractivity contribution in [2.75, 3.05) is 6.54 Å². The van der Waals surface area contributed by atoms with Crippen molar-refractivity contribution in [1.82, 2.24) is 5.32 Å². The highest BCUT2D eigenvalue weighted by Gasteiger charge is 2.34. The van der Waals surface area contributed by atoms with Crippen LogP contribution in [0.3, 0.4) is 0 Å². The maximum atomic E-state index is 11.3. The molecule has 3 N–H and O–H groups in total. The van der Waals surface area contributed by atoms with Crippen LogP contribution in [-0.2, 0) is 6.54 Å². The van der Waals surface area contributed by atoms with E-state index in [1.54, 1.807) is 6.07 Å². The third-order valence-corrected chi connectivity index (χ3v) is 4.26. The molecule has 0 atom stereocenters. The van der Waals surface area contributed by atoms with Crippen molar-refractivity contribution in [3.63, 3.8) is 0 Å². The second-order valence-electron chi connectivity index (χ2n) is 5.33. The maximum absolute atomic E-state index is 11.3. The van der Waals surface area contributed by atoms with Gasteiger partial charge < -0.3 is 11.1 Å². The first-order chi connectivity index (χ1) is 8.67. The van der Waals surface area contributed by atoms with E-state index in [-0.39, 0.29) is 5.91 Å². The normalized spacial score (nSPS) is 17.2. The van der Waals surface area contributed by atoms with Crippen LogP contribution in [0, 0.1) is 5.41 Å². The number of nitrogens with one attached hydrogen (secondary N) is 1. The SMILES string of the molecule is CCC1(CNCc2ccccc2C(N)=O)CCC1. The van der Waals surface area contributed by atoms with Crippen LogP contribution >= 0.6 is 0 Å². The van der Waals surface area contributed by atoms with Gasteiger partial charge in [0.15, 0.2) is 0 Å². The van der Waals surface area contributed by atoms with Gasteiger partial charge in [0.1, 0.15) is 0 Å². The average Bonchev–Trinajstić information content (AvgIpc) is 2.33. The number of rotatable bonds is 6. The molecule has 0 bridgehead atoms. The lowest BCUT2D eigenvalue weighted by molar-refractivity contribution is 0.0999. The zero-order chi connectivity index (χ0) is 13.0. The lowest BCUT2D eigenvalue weighted by Gasteiger charge is -2.41. The molecule has 3 nitrogen and oxygen atoms in total. The molecule has 0 heterocycles. The van der Waals surface area contributed by atoms with Gasteiger partial charge >= 0.3 is 0 Å². The minimum Gasteiger partial charge on any atom is -0.366 e. The summed E-state index contributed by atoms with van der Waals surface area (Å²) >= 11 is 0. The van der Waals surface area contributed by atoms with E-state index in [1.165, 1.54) is 25.7 Å². The van der Waals surface area contributed by atoms with Crippen molar-refractivity contribution in [3.05, 3.63) is 35.4 Å². The summed E-state index contributed by atoms with van der Waals surface area (Å²) in [5, 5.41) is 3.48. The Morgan fingerprint density at radius 2 is 2.11 bits per heavy atom. The van der Waals surface area contributed by atoms with E-state index in [9.17, 15) is 4.79 Å². The first-order valence-corrected chi connectivity index (χ1v) is 6.75. The van der Waals surface area contributed by atoms with Crippen molar-refractivity contribution in [3.8, 4) is 0 Å². The van der Waals surface area contributed by atoms with Crippen molar-refractivity contribution >= 4 is 5.91 Å². The van der Waals surface area contributed by atoms with Crippen molar-refractivity contribution in [2.24, 2.45) is 11.1 Å². The summed E-state index contributed by atoms with van der Waals surface area (Å²) in [7, 11) is 0. The lowest BCUT2D eigenvalue weighted by atomic mass is 9.67. The van der Waals surface area contributed by atoms with Crippen molar-refractivity contribution < 1.29 is 4.79 Å². The van der Waals surface area contributed by atoms with Gasteiger partial charge in [0.2, 0.25) is 5.91 Å². The molecule has 1 amide bonds. The van der Waals surface area contributed by atoms with Crippen LogP contribution in [0.2, 0.25) is 0 Å². The predicted octanol–water partition coefficient (Wildman–Crippen LogP) is 2.46. The van der Waals surface area contributed by atoms with Gasteiger partial charge in [0, 0.05) is 18.7 Å². The van der Waals surface area contributed by atoms with Gasteiger partial charge in [-0.1, -0.05) is 31.5 Å². The number of hydrogen-bond donors (Lipinski definition) is 2. The Bertz CT molecular complexity index is 419. The molecule has 0 saturated heterocycles. The summed E-state index contributed by atoms with van der Waals surface area (Å²) in [5.74, 6) is -0.346. The highest BCUT2D eigenvalue weighted by molar-refractivity contribution is 5.94. The fourth-order valence-electron chi connectivity index (χ4n) is 2.71. The van der Waals surface area contributed by atoms with E-state index in [2.05, 4.69) is 12.2 Å². The van der Waals surface area contributed by atoms with Gasteiger partial charge in [0.25, 0.3) is 0 Å². The Labute approximate surface area is 109 Å². The lowest BCUT2D eigenvalue weighted by Crippen LogP contribution is -2.39. The van der Waals surface area contributed by atoms with E-state index < -0.39 is 0 Å². The molecule has 1 aromatic carbocycles. The molecule has 0 radical (unpaired) electrons. The average molecular weight is 246 g/mol. The molecule has 0 spiro atoms. The van der Waals surface area contributed by atoms with Gasteiger partial charge in [0.05, 0.1) is 0 Å². The van der Waals surface area contributed by atoms with Crippen LogP contribution in [-0.4, -0.2) is 12.5 Å². The fraction of sp³-hybridized carbons (Fsp3) is 0.533. The molecular weight excluding hydrogens is 224 g/mol. The highest BCUT2D eigenvalue weighted by Crippen LogP contribution is 2.43. The number of amides is 1. The monoisotopic (exact) mass is 246 g/mol. The molecule has 2 rings (SSSR count). The van der Waals surface area contributed by atoms with Crippen LogP contribution in [0.15, 0.2) is 24.3 Å². The van der Waals surface area contributed by atoms with Crippen LogP contribution in [0.5, 0.6) is 0 Å². The summed E-state index contributed by atoms with van der Waals surface area (Å²) in [5.41, 5.74) is 7.50. The first-order valence-electron chi connectivity index (χ1n) is 6.75. The molecule has 0 aliphatic heterocycles. The zero-order valence-electron chi connectivity index (χ0n) is 11.0. The van der Waals surface area contributed by atoms with Crippen LogP contribution in [0.25, 0.3) is 0 Å². The summed E-state index contributed by atoms with van der Waals surface area (Å²) in [6.07, 6.45) is 5.24. The molecule has 1 aromatic rings. The topological polar surface area (TPSA) is 55.1 Å². The third-order valence-electron chi connectivity index (χ3n) is 4.26. The Hall–Kier alpha value is -1.35. The molecule has 98 valence electrons. The Morgan fingerprint density at radius 3 is 2.67 bits per heavy atom. The largest absolute Gasteiger partial charge is 0.366 e. The van der Waals surface area contributed by atoms with Gasteiger partial charge in [-0.25, -0.2) is 0 Å². The van der Waals surface area contributed by atoms with Gasteiger partial charge in [-0.05, 0) is 36.3 Å². The molecular formula is C15H22N2O. The maximum Gasteiger partial charge on any atom is 0.249 e. The van der Waals surface area contributed by atoms with Crippen molar-refractivity contribution in [2.45, 2.75) is 39.2 Å². The first kappa shape index (κ1) is 13.1. The van der Waals surface area contributed by atoms with E-state index in [1.807, 2.05) is 18.2 Å². The second kappa shape index (κ2) is 5.53. The quantitative estimate of drug-likeness (QED) is 0.810. The smallest absolute Gasteiger partial charge is 0.249 e. The van der Waals surface area contributed by atoms with E-state index in [4.69, 9.17) is 5.73 Å². The van der Waals surface area contributed by atoms with E-state index in [0.29, 0.717) is 11.0 Å². The van der Waals surface area contributed by atoms with Crippen LogP contribution < -0.4 is 11.1 Å². The second-order valence-corrected chi connectivity index (χ2v) is 5.33. The molecule has 1 saturated carbocycles. The Balaban J connectivity index is 1.92. The van der Waals surface area contributed by atoms with Crippen LogP contribution in [0.1, 0.15) is 48.5 Å². The van der Waals surface area contributed by atoms with Gasteiger partial charge in [-0.2, -0.15) is 0 Å². The van der Waals surface area contributed by atoms with E-state index in [0.717, 1.165) is 18.7 Å². The number of hydrogen-bond acceptors (Lipinski definition) is 2. The molecule has 1 aliphatic carbocycles. The summed E-state index contributed by atoms with van der Waals surface area (Å²) in [6, 6.07) is 7.55. The highest BCUT2D eigenvalue weighted by atomic mass is 16.1. The fourth-order valence-corrected chi connectivity index (χ4v) is 2.71. The minimum atomic E-state index is -0.346. The number of benzene rings is 1. The summed E-state index contributed by atoms with van der Waals surface area (Å²) < 4.78 is 0. The summed E-state index contributed by atoms with van der Waals surface area (Å²) in [6.45, 7) is 4.02. The summed E-state index contributed by atoms with van der Waals surface area (Å²) in [4.78, 5) is 11.3. The molecule has 1 fully saturated rings. The Kier molecular flexibility index (Phi) is 4.02. The molecule has 1 aliphatic rings. The standard InChI is InChI=1S/C15H22N2O/c1-2-15(8-5-9-15)11-17-10-12-6-3-4-7-13(12)14(16)18/h3-4,6-7,17H,2,5,8-11H2,1H3,(H2,16,18). The number of primary amides is 1. The van der Waals surface area contributed by atoms with Crippen molar-refractivity contribution in [1.29, 1.82) is 0 Å². The van der Waals surface area contributed by atoms with Crippen LogP contribution in [0.4, 0.5) is 0 Å². The molecule has 3 heteroatoms. The zero-order valence-corrected chi connectivity index (χ0v) is 11.0. The molecule has 18 heavy (non-hydrogen) atoms. The van der Waals surface area contributed by atoms with Gasteiger partial charge in [-0.3, -0.25) is 4.79 Å². The number of carbonyl (C=O) groups excluding carboxylic acids is 1. The Morgan fingerprint density at radius 1 is 1.39 bits per heavy atom. The van der Waals surface area contributed by atoms with Gasteiger partial charge in [-0.15, -0.1) is 0 Å². The number of nitrogens with two attached hydrogens (primary N) is 1. The predicted molar refractivity (Wildman–Crippen MR) is 73.2 cm³/mol. The third kappa shape index (κ3) is 2.72. The molecule has 0 unspecified atom stereocenters. The van der Waals surface area contributed by atoms with E-state index >= 15 is 0 Å². The molecule has 0 aromatic heterocycles. The number of carbonyl (C=O) groups is 1.